The molecule has 1 unspecified atom stereocenters. The van der Waals surface area contributed by atoms with E-state index in [1.807, 2.05) is 30.1 Å². The number of amides is 1. The first kappa shape index (κ1) is 10.2. The molecule has 1 aromatic carbocycles. The molecule has 87 valence electrons. The molecule has 2 heterocycles. The third-order valence-corrected chi connectivity index (χ3v) is 3.48. The van der Waals surface area contributed by atoms with Crippen molar-refractivity contribution in [3.05, 3.63) is 41.2 Å². The molecule has 4 heteroatoms. The largest absolute Gasteiger partial charge is 0.369 e. The number of nitrogens with two attached hydrogens (primary N) is 1. The van der Waals surface area contributed by atoms with E-state index in [-0.39, 0.29) is 11.8 Å². The summed E-state index contributed by atoms with van der Waals surface area (Å²) in [5.74, 6) is -0.127. The van der Waals surface area contributed by atoms with Gasteiger partial charge in [0.1, 0.15) is 5.70 Å². The lowest BCUT2D eigenvalue weighted by atomic mass is 9.91. The molecule has 1 amide bonds. The molecular weight excluding hydrogens is 214 g/mol. The highest BCUT2D eigenvalue weighted by atomic mass is 16.1. The Morgan fingerprint density at radius 3 is 3.24 bits per heavy atom. The van der Waals surface area contributed by atoms with Crippen LogP contribution in [0.4, 0.5) is 5.69 Å². The van der Waals surface area contributed by atoms with Gasteiger partial charge in [-0.25, -0.2) is 0 Å². The maximum atomic E-state index is 11.5. The standard InChI is InChI=1S/C13H14N3O/c1-16-7-6-9-8-4-2-3-5-10(8)15-11(9)12(16)13(14)17/h2-3,5,9,15H,6-7H2,1H3,(H2,14,17). The topological polar surface area (TPSA) is 58.4 Å². The molecule has 0 bridgehead atoms. The van der Waals surface area contributed by atoms with Crippen LogP contribution in [0, 0.1) is 6.07 Å². The SMILES string of the molecule is CN1CCC2C(=C1C(N)=O)Nc1ccc[c]c12. The quantitative estimate of drug-likeness (QED) is 0.754. The first-order valence-electron chi connectivity index (χ1n) is 5.71. The minimum Gasteiger partial charge on any atom is -0.369 e. The van der Waals surface area contributed by atoms with E-state index in [9.17, 15) is 4.79 Å². The number of likely N-dealkylation sites (N-methyl/N-ethyl adjacent to an activating group) is 1. The molecule has 0 saturated carbocycles. The molecule has 3 rings (SSSR count). The van der Waals surface area contributed by atoms with E-state index in [1.165, 1.54) is 0 Å². The number of nitrogens with zero attached hydrogens (tertiary/aromatic N) is 1. The zero-order chi connectivity index (χ0) is 12.0. The van der Waals surface area contributed by atoms with Gasteiger partial charge in [-0.05, 0) is 24.1 Å². The van der Waals surface area contributed by atoms with Gasteiger partial charge < -0.3 is 16.0 Å². The Kier molecular flexibility index (Phi) is 2.11. The number of hydrogen-bond acceptors (Lipinski definition) is 3. The van der Waals surface area contributed by atoms with Crippen LogP contribution in [0.25, 0.3) is 0 Å². The highest BCUT2D eigenvalue weighted by Crippen LogP contribution is 2.43. The van der Waals surface area contributed by atoms with E-state index in [4.69, 9.17) is 5.73 Å². The van der Waals surface area contributed by atoms with Gasteiger partial charge >= 0.3 is 0 Å². The van der Waals surface area contributed by atoms with Crippen LogP contribution >= 0.6 is 0 Å². The molecule has 0 fully saturated rings. The van der Waals surface area contributed by atoms with Gasteiger partial charge in [-0.15, -0.1) is 0 Å². The monoisotopic (exact) mass is 228 g/mol. The average Bonchev–Trinajstić information content (AvgIpc) is 2.66. The fourth-order valence-electron chi connectivity index (χ4n) is 2.70. The third-order valence-electron chi connectivity index (χ3n) is 3.48. The number of carbonyl (C=O) groups excluding carboxylic acids is 1. The Morgan fingerprint density at radius 1 is 1.65 bits per heavy atom. The average molecular weight is 228 g/mol. The molecule has 0 spiro atoms. The van der Waals surface area contributed by atoms with E-state index in [1.54, 1.807) is 0 Å². The third kappa shape index (κ3) is 1.40. The number of primary amides is 1. The molecule has 1 atom stereocenters. The summed E-state index contributed by atoms with van der Waals surface area (Å²) in [5, 5.41) is 3.30. The number of hydrogen-bond donors (Lipinski definition) is 2. The van der Waals surface area contributed by atoms with Crippen molar-refractivity contribution in [1.82, 2.24) is 4.90 Å². The second-order valence-electron chi connectivity index (χ2n) is 4.51. The zero-order valence-corrected chi connectivity index (χ0v) is 9.66. The molecule has 3 N–H and O–H groups in total. The van der Waals surface area contributed by atoms with Gasteiger partial charge in [0.15, 0.2) is 0 Å². The summed E-state index contributed by atoms with van der Waals surface area (Å²) in [6, 6.07) is 9.12. The summed E-state index contributed by atoms with van der Waals surface area (Å²) >= 11 is 0. The van der Waals surface area contributed by atoms with Gasteiger partial charge in [0.25, 0.3) is 5.91 Å². The summed E-state index contributed by atoms with van der Waals surface area (Å²) < 4.78 is 0. The van der Waals surface area contributed by atoms with Crippen molar-refractivity contribution < 1.29 is 4.79 Å². The van der Waals surface area contributed by atoms with Gasteiger partial charge in [-0.1, -0.05) is 12.1 Å². The lowest BCUT2D eigenvalue weighted by molar-refractivity contribution is -0.116. The number of nitrogens with one attached hydrogen (secondary N) is 1. The molecule has 17 heavy (non-hydrogen) atoms. The number of benzene rings is 1. The van der Waals surface area contributed by atoms with E-state index < -0.39 is 0 Å². The van der Waals surface area contributed by atoms with Crippen molar-refractivity contribution in [2.24, 2.45) is 5.73 Å². The van der Waals surface area contributed by atoms with Crippen molar-refractivity contribution in [2.45, 2.75) is 12.3 Å². The first-order valence-corrected chi connectivity index (χ1v) is 5.71. The lowest BCUT2D eigenvalue weighted by Crippen LogP contribution is -2.36. The number of allylic oxidation sites excluding steroid dienone is 1. The minimum absolute atomic E-state index is 0.241. The van der Waals surface area contributed by atoms with Gasteiger partial charge in [-0.3, -0.25) is 4.79 Å². The summed E-state index contributed by atoms with van der Waals surface area (Å²) in [6.07, 6.45) is 0.989. The van der Waals surface area contributed by atoms with Crippen molar-refractivity contribution >= 4 is 11.6 Å². The highest BCUT2D eigenvalue weighted by molar-refractivity contribution is 5.94. The lowest BCUT2D eigenvalue weighted by Gasteiger charge is -2.30. The van der Waals surface area contributed by atoms with E-state index in [0.29, 0.717) is 5.70 Å². The van der Waals surface area contributed by atoms with Crippen LogP contribution in [-0.2, 0) is 4.79 Å². The number of anilines is 1. The second kappa shape index (κ2) is 3.52. The summed E-state index contributed by atoms with van der Waals surface area (Å²) in [5.41, 5.74) is 9.19. The number of carbonyl (C=O) groups is 1. The molecule has 2 aliphatic rings. The molecule has 1 radical (unpaired) electrons. The predicted molar refractivity (Wildman–Crippen MR) is 65.1 cm³/mol. The van der Waals surface area contributed by atoms with Crippen LogP contribution < -0.4 is 11.1 Å². The van der Waals surface area contributed by atoms with E-state index in [0.717, 1.165) is 29.9 Å². The maximum Gasteiger partial charge on any atom is 0.266 e. The van der Waals surface area contributed by atoms with Crippen molar-refractivity contribution in [2.75, 3.05) is 18.9 Å². The minimum atomic E-state index is -0.368. The Hall–Kier alpha value is -1.97. The number of rotatable bonds is 1. The fraction of sp³-hybridized carbons (Fsp3) is 0.308. The van der Waals surface area contributed by atoms with Crippen molar-refractivity contribution in [3.8, 4) is 0 Å². The Balaban J connectivity index is 2.14. The second-order valence-corrected chi connectivity index (χ2v) is 4.51. The fourth-order valence-corrected chi connectivity index (χ4v) is 2.70. The number of fused-ring (bicyclic) bond motifs is 3. The van der Waals surface area contributed by atoms with Crippen LogP contribution in [-0.4, -0.2) is 24.4 Å². The molecule has 1 aromatic rings. The summed E-state index contributed by atoms with van der Waals surface area (Å²) in [6.45, 7) is 0.844. The van der Waals surface area contributed by atoms with Crippen molar-refractivity contribution in [3.63, 3.8) is 0 Å². The molecule has 0 aromatic heterocycles. The zero-order valence-electron chi connectivity index (χ0n) is 9.66. The summed E-state index contributed by atoms with van der Waals surface area (Å²) in [7, 11) is 1.90. The van der Waals surface area contributed by atoms with Gasteiger partial charge in [0.05, 0.1) is 5.70 Å². The molecular formula is C13H14N3O. The molecule has 4 nitrogen and oxygen atoms in total. The Morgan fingerprint density at radius 2 is 2.47 bits per heavy atom. The molecule has 0 aliphatic carbocycles. The van der Waals surface area contributed by atoms with Crippen molar-refractivity contribution in [1.29, 1.82) is 0 Å². The van der Waals surface area contributed by atoms with Crippen LogP contribution in [0.1, 0.15) is 17.9 Å². The van der Waals surface area contributed by atoms with Crippen LogP contribution in [0.2, 0.25) is 0 Å². The van der Waals surface area contributed by atoms with Gasteiger partial charge in [-0.2, -0.15) is 0 Å². The normalized spacial score (nSPS) is 21.9. The van der Waals surface area contributed by atoms with Gasteiger partial charge in [0, 0.05) is 25.2 Å². The smallest absolute Gasteiger partial charge is 0.266 e. The molecule has 2 aliphatic heterocycles. The predicted octanol–water partition coefficient (Wildman–Crippen LogP) is 1.03. The molecule has 0 saturated heterocycles. The van der Waals surface area contributed by atoms with Crippen LogP contribution in [0.15, 0.2) is 29.6 Å². The Bertz CT molecular complexity index is 521. The van der Waals surface area contributed by atoms with E-state index >= 15 is 0 Å². The maximum absolute atomic E-state index is 11.5. The summed E-state index contributed by atoms with van der Waals surface area (Å²) in [4.78, 5) is 13.5. The van der Waals surface area contributed by atoms with Crippen LogP contribution in [0.3, 0.4) is 0 Å². The van der Waals surface area contributed by atoms with Gasteiger partial charge in [0.2, 0.25) is 0 Å². The Labute approximate surface area is 100 Å². The van der Waals surface area contributed by atoms with E-state index in [2.05, 4.69) is 11.4 Å². The highest BCUT2D eigenvalue weighted by Gasteiger charge is 2.35. The first-order chi connectivity index (χ1) is 8.18. The van der Waals surface area contributed by atoms with Crippen LogP contribution in [0.5, 0.6) is 0 Å².